The first kappa shape index (κ1) is 21.8. The molecule has 0 fully saturated rings. The van der Waals surface area contributed by atoms with Crippen molar-refractivity contribution in [1.82, 2.24) is 9.97 Å². The summed E-state index contributed by atoms with van der Waals surface area (Å²) in [6, 6.07) is 0. The summed E-state index contributed by atoms with van der Waals surface area (Å²) in [6.07, 6.45) is 1.53. The molecule has 0 saturated carbocycles. The van der Waals surface area contributed by atoms with E-state index in [2.05, 4.69) is 34.6 Å². The molecule has 1 heterocycles. The normalized spacial score (nSPS) is 12.5. The van der Waals surface area contributed by atoms with Gasteiger partial charge < -0.3 is 24.5 Å². The van der Waals surface area contributed by atoms with Gasteiger partial charge in [-0.3, -0.25) is 0 Å². The maximum atomic E-state index is 10.5. The maximum Gasteiger partial charge on any atom is 0.490 e. The van der Waals surface area contributed by atoms with Crippen LogP contribution in [0.2, 0.25) is 0 Å². The minimum atomic E-state index is -5.46. The summed E-state index contributed by atoms with van der Waals surface area (Å²) in [5, 5.41) is 0. The molecule has 0 aliphatic carbocycles. The standard InChI is InChI=1S/C5H5N2OSe.H5O10P3/c1-3-2-6-5(8)7-4(3)9;1-11(2,3)9-13(7,8)10-12(4,5)6/h2H,1H3,(H,6,7,8);(H,7,8)(H2,1,2,3)(H2,4,5,6). The summed E-state index contributed by atoms with van der Waals surface area (Å²) in [5.74, 6) is 0. The zero-order chi connectivity index (χ0) is 17.8. The molecule has 22 heavy (non-hydrogen) atoms. The Morgan fingerprint density at radius 2 is 1.50 bits per heavy atom. The first-order chi connectivity index (χ1) is 9.61. The van der Waals surface area contributed by atoms with Gasteiger partial charge in [-0.05, 0) is 0 Å². The van der Waals surface area contributed by atoms with Gasteiger partial charge in [0.15, 0.2) is 0 Å². The summed E-state index contributed by atoms with van der Waals surface area (Å²) in [4.78, 5) is 56.7. The van der Waals surface area contributed by atoms with Crippen molar-refractivity contribution in [3.63, 3.8) is 0 Å². The fourth-order valence-electron chi connectivity index (χ4n) is 0.726. The van der Waals surface area contributed by atoms with Crippen LogP contribution < -0.4 is 10.3 Å². The van der Waals surface area contributed by atoms with Gasteiger partial charge in [0.2, 0.25) is 0 Å². The van der Waals surface area contributed by atoms with E-state index in [0.29, 0.717) is 0 Å². The van der Waals surface area contributed by atoms with E-state index in [9.17, 15) is 18.5 Å². The predicted octanol–water partition coefficient (Wildman–Crippen LogP) is -1.82. The van der Waals surface area contributed by atoms with Gasteiger partial charge in [-0.25, -0.2) is 13.7 Å². The van der Waals surface area contributed by atoms with Crippen molar-refractivity contribution >= 4 is 44.1 Å². The van der Waals surface area contributed by atoms with E-state index in [4.69, 9.17) is 24.5 Å². The Bertz CT molecular complexity index is 678. The summed E-state index contributed by atoms with van der Waals surface area (Å²) in [5.41, 5.74) is 0.643. The molecule has 0 aliphatic rings. The predicted molar refractivity (Wildman–Crippen MR) is 71.1 cm³/mol. The molecule has 1 aromatic rings. The largest absolute Gasteiger partial charge is 0.490 e. The number of H-pyrrole nitrogens is 1. The average Bonchev–Trinajstić information content (AvgIpc) is 2.17. The minimum absolute atomic E-state index is 0.311. The van der Waals surface area contributed by atoms with Crippen LogP contribution in [0, 0.1) is 6.92 Å². The van der Waals surface area contributed by atoms with E-state index in [1.165, 1.54) is 6.20 Å². The molecule has 0 spiro atoms. The van der Waals surface area contributed by atoms with Crippen LogP contribution in [0.5, 0.6) is 0 Å². The first-order valence-electron chi connectivity index (χ1n) is 4.71. The number of aromatic nitrogens is 2. The number of hydrogen-bond donors (Lipinski definition) is 6. The van der Waals surface area contributed by atoms with Crippen LogP contribution in [0.15, 0.2) is 11.0 Å². The van der Waals surface area contributed by atoms with E-state index in [1.807, 2.05) is 6.92 Å². The Morgan fingerprint density at radius 1 is 1.09 bits per heavy atom. The second-order valence-corrected chi connectivity index (χ2v) is 8.38. The van der Waals surface area contributed by atoms with E-state index in [-0.39, 0.29) is 5.69 Å². The van der Waals surface area contributed by atoms with E-state index >= 15 is 0 Å². The molecule has 0 bridgehead atoms. The van der Waals surface area contributed by atoms with Crippen molar-refractivity contribution in [3.8, 4) is 0 Å². The summed E-state index contributed by atoms with van der Waals surface area (Å²) in [6.45, 7) is 1.87. The fraction of sp³-hybridized carbons (Fsp3) is 0.200. The summed E-state index contributed by atoms with van der Waals surface area (Å²) < 4.78 is 37.1. The third-order valence-electron chi connectivity index (χ3n) is 1.37. The van der Waals surface area contributed by atoms with Gasteiger partial charge in [0.25, 0.3) is 0 Å². The number of hydrogen-bond acceptors (Lipinski definition) is 7. The SMILES string of the molecule is Cc1cnc(=O)[nH]c1[Se].O=P(O)(O)OP(=O)(O)OP(=O)(O)O. The second-order valence-electron chi connectivity index (χ2n) is 3.31. The summed E-state index contributed by atoms with van der Waals surface area (Å²) in [7, 11) is -16.2. The maximum absolute atomic E-state index is 10.5. The Hall–Kier alpha value is -0.191. The molecule has 0 amide bonds. The van der Waals surface area contributed by atoms with Gasteiger partial charge >= 0.3 is 83.2 Å². The molecule has 0 atom stereocenters. The quantitative estimate of drug-likeness (QED) is 0.223. The molecule has 13 nitrogen and oxygen atoms in total. The molecule has 0 aliphatic heterocycles. The van der Waals surface area contributed by atoms with Crippen molar-refractivity contribution in [2.45, 2.75) is 6.92 Å². The smallest absolute Gasteiger partial charge is 0.302 e. The van der Waals surface area contributed by atoms with Crippen molar-refractivity contribution in [1.29, 1.82) is 0 Å². The van der Waals surface area contributed by atoms with Gasteiger partial charge in [0, 0.05) is 0 Å². The Labute approximate surface area is 130 Å². The zero-order valence-corrected chi connectivity index (χ0v) is 14.9. The minimum Gasteiger partial charge on any atom is -0.302 e. The van der Waals surface area contributed by atoms with Crippen LogP contribution in [0.3, 0.4) is 0 Å². The molecule has 1 radical (unpaired) electrons. The molecule has 0 saturated heterocycles. The van der Waals surface area contributed by atoms with Crippen molar-refractivity contribution in [3.05, 3.63) is 22.2 Å². The number of aromatic amines is 1. The van der Waals surface area contributed by atoms with Gasteiger partial charge in [0.1, 0.15) is 0 Å². The van der Waals surface area contributed by atoms with E-state index < -0.39 is 23.5 Å². The van der Waals surface area contributed by atoms with Crippen LogP contribution in [0.25, 0.3) is 0 Å². The van der Waals surface area contributed by atoms with Crippen LogP contribution in [0.1, 0.15) is 5.56 Å². The third-order valence-corrected chi connectivity index (χ3v) is 5.62. The summed E-state index contributed by atoms with van der Waals surface area (Å²) >= 11 is 2.72. The zero-order valence-electron chi connectivity index (χ0n) is 10.5. The van der Waals surface area contributed by atoms with Gasteiger partial charge in [-0.15, -0.1) is 0 Å². The molecule has 1 rings (SSSR count). The first-order valence-corrected chi connectivity index (χ1v) is 10.1. The van der Waals surface area contributed by atoms with Gasteiger partial charge in [-0.1, -0.05) is 0 Å². The third kappa shape index (κ3) is 11.4. The average molecular weight is 446 g/mol. The number of aryl methyl sites for hydroxylation is 1. The van der Waals surface area contributed by atoms with E-state index in [0.717, 1.165) is 10.2 Å². The molecule has 1 aromatic heterocycles. The van der Waals surface area contributed by atoms with Crippen molar-refractivity contribution in [2.24, 2.45) is 0 Å². The number of rotatable bonds is 4. The van der Waals surface area contributed by atoms with Crippen LogP contribution in [0.4, 0.5) is 0 Å². The number of nitrogens with zero attached hydrogens (tertiary/aromatic N) is 1. The molecule has 17 heteroatoms. The Kier molecular flexibility index (Phi) is 8.00. The van der Waals surface area contributed by atoms with Crippen molar-refractivity contribution in [2.75, 3.05) is 0 Å². The van der Waals surface area contributed by atoms with Crippen LogP contribution >= 0.6 is 23.5 Å². The molecular formula is C5H10N2O11P3Se. The number of nitrogens with one attached hydrogen (secondary N) is 1. The number of phosphoric acid groups is 3. The van der Waals surface area contributed by atoms with Gasteiger partial charge in [0.05, 0.1) is 0 Å². The van der Waals surface area contributed by atoms with Crippen molar-refractivity contribution < 1.29 is 46.8 Å². The molecule has 0 unspecified atom stereocenters. The molecule has 6 N–H and O–H groups in total. The van der Waals surface area contributed by atoms with Crippen LogP contribution in [-0.4, -0.2) is 50.4 Å². The topological polar surface area (TPSA) is 217 Å². The second kappa shape index (κ2) is 8.07. The van der Waals surface area contributed by atoms with Gasteiger partial charge in [-0.2, -0.15) is 8.62 Å². The molecular weight excluding hydrogens is 436 g/mol. The Morgan fingerprint density at radius 3 is 1.77 bits per heavy atom. The van der Waals surface area contributed by atoms with E-state index in [1.54, 1.807) is 0 Å². The fourth-order valence-corrected chi connectivity index (χ4v) is 3.56. The molecule has 127 valence electrons. The monoisotopic (exact) mass is 447 g/mol. The molecule has 0 aromatic carbocycles. The van der Waals surface area contributed by atoms with Crippen LogP contribution in [-0.2, 0) is 22.3 Å². The Balaban J connectivity index is 0.000000425.